The van der Waals surface area contributed by atoms with Gasteiger partial charge in [-0.15, -0.1) is 0 Å². The number of halogens is 3. The van der Waals surface area contributed by atoms with Crippen LogP contribution >= 0.6 is 15.9 Å². The van der Waals surface area contributed by atoms with E-state index in [9.17, 15) is 13.6 Å². The molecule has 1 rings (SSSR count). The van der Waals surface area contributed by atoms with Gasteiger partial charge in [-0.2, -0.15) is 0 Å². The van der Waals surface area contributed by atoms with Crippen molar-refractivity contribution in [3.8, 4) is 0 Å². The van der Waals surface area contributed by atoms with Crippen LogP contribution in [0.1, 0.15) is 29.6 Å². The summed E-state index contributed by atoms with van der Waals surface area (Å²) in [6.45, 7) is 0.518. The Labute approximate surface area is 108 Å². The Bertz CT molecular complexity index is 365. The number of rotatable bonds is 6. The van der Waals surface area contributed by atoms with Gasteiger partial charge in [0.1, 0.15) is 11.6 Å². The van der Waals surface area contributed by atoms with Gasteiger partial charge in [0, 0.05) is 23.5 Å². The van der Waals surface area contributed by atoms with Gasteiger partial charge < -0.3 is 5.32 Å². The number of hydrogen-bond donors (Lipinski definition) is 1. The van der Waals surface area contributed by atoms with E-state index in [0.717, 1.165) is 42.8 Å². The second-order valence-corrected chi connectivity index (χ2v) is 4.46. The number of benzene rings is 1. The monoisotopic (exact) mass is 305 g/mol. The minimum absolute atomic E-state index is 0.0167. The lowest BCUT2D eigenvalue weighted by Crippen LogP contribution is -2.24. The number of nitrogens with one attached hydrogen (secondary N) is 1. The summed E-state index contributed by atoms with van der Waals surface area (Å²) < 4.78 is 25.7. The summed E-state index contributed by atoms with van der Waals surface area (Å²) in [5, 5.41) is 3.57. The van der Waals surface area contributed by atoms with Crippen LogP contribution in [0.25, 0.3) is 0 Å². The molecule has 0 bridgehead atoms. The first-order valence-corrected chi connectivity index (χ1v) is 6.56. The summed E-state index contributed by atoms with van der Waals surface area (Å²) in [4.78, 5) is 11.5. The maximum absolute atomic E-state index is 12.9. The van der Waals surface area contributed by atoms with Crippen molar-refractivity contribution >= 4 is 21.8 Å². The lowest BCUT2D eigenvalue weighted by atomic mass is 10.2. The van der Waals surface area contributed by atoms with Crippen LogP contribution in [0.15, 0.2) is 18.2 Å². The molecule has 1 aromatic carbocycles. The third-order valence-electron chi connectivity index (χ3n) is 2.22. The second-order valence-electron chi connectivity index (χ2n) is 3.66. The third kappa shape index (κ3) is 5.26. The van der Waals surface area contributed by atoms with Gasteiger partial charge in [-0.25, -0.2) is 8.78 Å². The van der Waals surface area contributed by atoms with Crippen LogP contribution in [0.4, 0.5) is 8.78 Å². The van der Waals surface area contributed by atoms with Crippen molar-refractivity contribution in [1.82, 2.24) is 5.32 Å². The van der Waals surface area contributed by atoms with Crippen LogP contribution in [-0.2, 0) is 0 Å². The minimum atomic E-state index is -0.741. The maximum Gasteiger partial charge on any atom is 0.251 e. The van der Waals surface area contributed by atoms with E-state index in [1.807, 2.05) is 0 Å². The van der Waals surface area contributed by atoms with E-state index in [1.165, 1.54) is 0 Å². The van der Waals surface area contributed by atoms with E-state index >= 15 is 0 Å². The van der Waals surface area contributed by atoms with E-state index in [0.29, 0.717) is 6.54 Å². The Morgan fingerprint density at radius 2 is 1.76 bits per heavy atom. The van der Waals surface area contributed by atoms with Crippen LogP contribution < -0.4 is 5.32 Å². The van der Waals surface area contributed by atoms with Gasteiger partial charge in [0.25, 0.3) is 5.91 Å². The van der Waals surface area contributed by atoms with Gasteiger partial charge in [-0.05, 0) is 25.0 Å². The molecule has 0 aromatic heterocycles. The summed E-state index contributed by atoms with van der Waals surface area (Å²) in [6, 6.07) is 2.79. The minimum Gasteiger partial charge on any atom is -0.352 e. The molecular weight excluding hydrogens is 292 g/mol. The van der Waals surface area contributed by atoms with E-state index in [1.54, 1.807) is 0 Å². The van der Waals surface area contributed by atoms with Crippen molar-refractivity contribution in [2.24, 2.45) is 0 Å². The number of carbonyl (C=O) groups is 1. The van der Waals surface area contributed by atoms with Crippen LogP contribution in [0, 0.1) is 11.6 Å². The number of carbonyl (C=O) groups excluding carboxylic acids is 1. The van der Waals surface area contributed by atoms with Gasteiger partial charge in [0.2, 0.25) is 0 Å². The van der Waals surface area contributed by atoms with E-state index in [2.05, 4.69) is 21.2 Å². The summed E-state index contributed by atoms with van der Waals surface area (Å²) in [6.07, 6.45) is 2.91. The molecule has 0 unspecified atom stereocenters. The Morgan fingerprint density at radius 1 is 1.12 bits per heavy atom. The number of amides is 1. The molecular formula is C12H14BrF2NO. The standard InChI is InChI=1S/C12H14BrF2NO/c13-4-2-1-3-5-16-12(17)9-6-10(14)8-11(15)7-9/h6-8H,1-5H2,(H,16,17). The average molecular weight is 306 g/mol. The molecule has 0 saturated heterocycles. The average Bonchev–Trinajstić information content (AvgIpc) is 2.27. The fraction of sp³-hybridized carbons (Fsp3) is 0.417. The molecule has 94 valence electrons. The molecule has 5 heteroatoms. The van der Waals surface area contributed by atoms with E-state index in [-0.39, 0.29) is 5.56 Å². The molecule has 0 aliphatic carbocycles. The molecule has 0 aliphatic rings. The molecule has 0 fully saturated rings. The highest BCUT2D eigenvalue weighted by Gasteiger charge is 2.08. The lowest BCUT2D eigenvalue weighted by Gasteiger charge is -2.05. The number of hydrogen-bond acceptors (Lipinski definition) is 1. The van der Waals surface area contributed by atoms with Crippen molar-refractivity contribution in [2.75, 3.05) is 11.9 Å². The zero-order valence-electron chi connectivity index (χ0n) is 9.31. The number of alkyl halides is 1. The largest absolute Gasteiger partial charge is 0.352 e. The fourth-order valence-corrected chi connectivity index (χ4v) is 1.78. The lowest BCUT2D eigenvalue weighted by molar-refractivity contribution is 0.0952. The first kappa shape index (κ1) is 14.1. The molecule has 2 nitrogen and oxygen atoms in total. The third-order valence-corrected chi connectivity index (χ3v) is 2.78. The molecule has 1 aromatic rings. The van der Waals surface area contributed by atoms with E-state index in [4.69, 9.17) is 0 Å². The molecule has 17 heavy (non-hydrogen) atoms. The SMILES string of the molecule is O=C(NCCCCCBr)c1cc(F)cc(F)c1. The van der Waals surface area contributed by atoms with Gasteiger partial charge >= 0.3 is 0 Å². The fourth-order valence-electron chi connectivity index (χ4n) is 1.39. The predicted molar refractivity (Wildman–Crippen MR) is 66.3 cm³/mol. The molecule has 1 amide bonds. The maximum atomic E-state index is 12.9. The van der Waals surface area contributed by atoms with Crippen molar-refractivity contribution in [2.45, 2.75) is 19.3 Å². The van der Waals surface area contributed by atoms with Gasteiger partial charge in [-0.1, -0.05) is 22.4 Å². The molecule has 0 heterocycles. The zero-order valence-corrected chi connectivity index (χ0v) is 10.9. The Hall–Kier alpha value is -0.970. The highest BCUT2D eigenvalue weighted by Crippen LogP contribution is 2.07. The zero-order chi connectivity index (χ0) is 12.7. The van der Waals surface area contributed by atoms with Crippen LogP contribution in [0.3, 0.4) is 0 Å². The quantitative estimate of drug-likeness (QED) is 0.634. The topological polar surface area (TPSA) is 29.1 Å². The van der Waals surface area contributed by atoms with Gasteiger partial charge in [0.15, 0.2) is 0 Å². The first-order chi connectivity index (χ1) is 8.13. The summed E-state index contributed by atoms with van der Waals surface area (Å²) in [5.41, 5.74) is 0.0167. The molecule has 0 saturated carbocycles. The van der Waals surface area contributed by atoms with Crippen LogP contribution in [0.5, 0.6) is 0 Å². The van der Waals surface area contributed by atoms with Gasteiger partial charge in [-0.3, -0.25) is 4.79 Å². The van der Waals surface area contributed by atoms with Gasteiger partial charge in [0.05, 0.1) is 0 Å². The number of unbranched alkanes of at least 4 members (excludes halogenated alkanes) is 2. The summed E-state index contributed by atoms with van der Waals surface area (Å²) in [7, 11) is 0. The summed E-state index contributed by atoms with van der Waals surface area (Å²) in [5.74, 6) is -1.92. The summed E-state index contributed by atoms with van der Waals surface area (Å²) >= 11 is 3.31. The van der Waals surface area contributed by atoms with E-state index < -0.39 is 17.5 Å². The molecule has 0 aliphatic heterocycles. The van der Waals surface area contributed by atoms with Crippen molar-refractivity contribution in [3.05, 3.63) is 35.4 Å². The molecule has 0 spiro atoms. The second kappa shape index (κ2) is 7.37. The smallest absolute Gasteiger partial charge is 0.251 e. The highest BCUT2D eigenvalue weighted by molar-refractivity contribution is 9.09. The highest BCUT2D eigenvalue weighted by atomic mass is 79.9. The Balaban J connectivity index is 2.41. The molecule has 0 radical (unpaired) electrons. The van der Waals surface area contributed by atoms with Crippen molar-refractivity contribution < 1.29 is 13.6 Å². The first-order valence-electron chi connectivity index (χ1n) is 5.43. The Kier molecular flexibility index (Phi) is 6.11. The predicted octanol–water partition coefficient (Wildman–Crippen LogP) is 3.26. The molecule has 1 N–H and O–H groups in total. The van der Waals surface area contributed by atoms with Crippen molar-refractivity contribution in [3.63, 3.8) is 0 Å². The molecule has 0 atom stereocenters. The normalized spacial score (nSPS) is 10.3. The Morgan fingerprint density at radius 3 is 2.35 bits per heavy atom. The van der Waals surface area contributed by atoms with Crippen LogP contribution in [0.2, 0.25) is 0 Å². The van der Waals surface area contributed by atoms with Crippen LogP contribution in [-0.4, -0.2) is 17.8 Å². The van der Waals surface area contributed by atoms with Crippen molar-refractivity contribution in [1.29, 1.82) is 0 Å².